The normalized spacial score (nSPS) is 13.2. The molecule has 0 spiro atoms. The Hall–Kier alpha value is -1.77. The Balaban J connectivity index is 2.42. The van der Waals surface area contributed by atoms with Gasteiger partial charge in [-0.3, -0.25) is 4.68 Å². The molecule has 1 aromatic rings. The molecule has 0 saturated heterocycles. The summed E-state index contributed by atoms with van der Waals surface area (Å²) in [6, 6.07) is -0.600. The molecule has 1 rings (SSSR count). The molecule has 0 aromatic carbocycles. The van der Waals surface area contributed by atoms with E-state index in [9.17, 15) is 23.1 Å². The van der Waals surface area contributed by atoms with E-state index in [1.165, 1.54) is 0 Å². The van der Waals surface area contributed by atoms with Crippen LogP contribution in [0.4, 0.5) is 23.7 Å². The molecule has 6 nitrogen and oxygen atoms in total. The van der Waals surface area contributed by atoms with Gasteiger partial charge in [0.2, 0.25) is 0 Å². The molecule has 9 heteroatoms. The van der Waals surface area contributed by atoms with Gasteiger partial charge in [-0.2, -0.15) is 18.3 Å². The Morgan fingerprint density at radius 2 is 2.05 bits per heavy atom. The zero-order valence-electron chi connectivity index (χ0n) is 12.5. The van der Waals surface area contributed by atoms with Gasteiger partial charge in [0, 0.05) is 12.7 Å². The summed E-state index contributed by atoms with van der Waals surface area (Å²) in [5.41, 5.74) is 0.152. The lowest BCUT2D eigenvalue weighted by atomic mass is 9.97. The van der Waals surface area contributed by atoms with Crippen LogP contribution in [-0.2, 0) is 6.54 Å². The van der Waals surface area contributed by atoms with E-state index in [1.54, 1.807) is 0 Å². The van der Waals surface area contributed by atoms with E-state index in [0.29, 0.717) is 4.68 Å². The highest BCUT2D eigenvalue weighted by Gasteiger charge is 2.28. The van der Waals surface area contributed by atoms with Gasteiger partial charge in [0.15, 0.2) is 0 Å². The van der Waals surface area contributed by atoms with E-state index in [4.69, 9.17) is 0 Å². The summed E-state index contributed by atoms with van der Waals surface area (Å²) < 4.78 is 37.2. The van der Waals surface area contributed by atoms with Gasteiger partial charge in [-0.15, -0.1) is 0 Å². The molecule has 1 atom stereocenters. The third kappa shape index (κ3) is 6.33. The minimum atomic E-state index is -4.37. The first-order chi connectivity index (χ1) is 10.2. The van der Waals surface area contributed by atoms with E-state index >= 15 is 0 Å². The van der Waals surface area contributed by atoms with Crippen molar-refractivity contribution in [1.29, 1.82) is 0 Å². The highest BCUT2D eigenvalue weighted by Crippen LogP contribution is 2.18. The maximum Gasteiger partial charge on any atom is 0.408 e. The Labute approximate surface area is 126 Å². The van der Waals surface area contributed by atoms with Crippen LogP contribution >= 0.6 is 0 Å². The predicted octanol–water partition coefficient (Wildman–Crippen LogP) is 2.36. The molecule has 0 bridgehead atoms. The first-order valence-corrected chi connectivity index (χ1v) is 7.07. The van der Waals surface area contributed by atoms with Crippen LogP contribution < -0.4 is 10.6 Å². The van der Waals surface area contributed by atoms with Crippen molar-refractivity contribution in [1.82, 2.24) is 15.1 Å². The number of nitrogens with one attached hydrogen (secondary N) is 2. The van der Waals surface area contributed by atoms with Crippen molar-refractivity contribution in [2.75, 3.05) is 11.9 Å². The number of hydrogen-bond donors (Lipinski definition) is 3. The smallest absolute Gasteiger partial charge is 0.391 e. The average Bonchev–Trinajstić information content (AvgIpc) is 2.82. The summed E-state index contributed by atoms with van der Waals surface area (Å²) >= 11 is 0. The van der Waals surface area contributed by atoms with Crippen LogP contribution in [0.3, 0.4) is 0 Å². The van der Waals surface area contributed by atoms with Gasteiger partial charge in [-0.05, 0) is 5.92 Å². The first-order valence-electron chi connectivity index (χ1n) is 7.07. The third-order valence-electron chi connectivity index (χ3n) is 3.30. The number of alkyl halides is 3. The van der Waals surface area contributed by atoms with E-state index in [-0.39, 0.29) is 18.2 Å². The van der Waals surface area contributed by atoms with Crippen molar-refractivity contribution in [3.05, 3.63) is 12.4 Å². The van der Waals surface area contributed by atoms with Crippen LogP contribution in [0.2, 0.25) is 0 Å². The lowest BCUT2D eigenvalue weighted by Gasteiger charge is -2.20. The van der Waals surface area contributed by atoms with E-state index in [2.05, 4.69) is 15.7 Å². The summed E-state index contributed by atoms with van der Waals surface area (Å²) in [7, 11) is 0. The lowest BCUT2D eigenvalue weighted by molar-refractivity contribution is -0.142. The monoisotopic (exact) mass is 322 g/mol. The van der Waals surface area contributed by atoms with Crippen molar-refractivity contribution < 1.29 is 23.1 Å². The third-order valence-corrected chi connectivity index (χ3v) is 3.30. The molecule has 0 fully saturated rings. The van der Waals surface area contributed by atoms with Crippen molar-refractivity contribution in [3.8, 4) is 0 Å². The SMILES string of the molecule is CCC(CC)[C@H](O)CNC(=O)Nc1cnn(CC(F)(F)F)c1. The molecule has 0 aliphatic heterocycles. The Morgan fingerprint density at radius 1 is 1.41 bits per heavy atom. The molecule has 22 heavy (non-hydrogen) atoms. The maximum atomic E-state index is 12.2. The second-order valence-corrected chi connectivity index (χ2v) is 5.02. The van der Waals surface area contributed by atoms with Crippen LogP contribution in [0.25, 0.3) is 0 Å². The number of halogens is 3. The second kappa shape index (κ2) is 8.02. The number of hydrogen-bond acceptors (Lipinski definition) is 3. The Kier molecular flexibility index (Phi) is 6.66. The van der Waals surface area contributed by atoms with Crippen molar-refractivity contribution >= 4 is 11.7 Å². The molecule has 0 aliphatic carbocycles. The molecule has 0 radical (unpaired) electrons. The number of rotatable bonds is 7. The van der Waals surface area contributed by atoms with Crippen LogP contribution in [0.5, 0.6) is 0 Å². The van der Waals surface area contributed by atoms with Crippen molar-refractivity contribution in [3.63, 3.8) is 0 Å². The fourth-order valence-corrected chi connectivity index (χ4v) is 2.07. The number of anilines is 1. The summed E-state index contributed by atoms with van der Waals surface area (Å²) in [5, 5.41) is 18.2. The minimum Gasteiger partial charge on any atom is -0.391 e. The van der Waals surface area contributed by atoms with Gasteiger partial charge >= 0.3 is 12.2 Å². The average molecular weight is 322 g/mol. The van der Waals surface area contributed by atoms with Crippen molar-refractivity contribution in [2.45, 2.75) is 45.5 Å². The molecular weight excluding hydrogens is 301 g/mol. The lowest BCUT2D eigenvalue weighted by Crippen LogP contribution is -2.38. The summed E-state index contributed by atoms with van der Waals surface area (Å²) in [6.07, 6.45) is -1.22. The molecule has 1 aromatic heterocycles. The van der Waals surface area contributed by atoms with Gasteiger partial charge in [-0.25, -0.2) is 4.79 Å². The summed E-state index contributed by atoms with van der Waals surface area (Å²) in [4.78, 5) is 11.6. The predicted molar refractivity (Wildman–Crippen MR) is 75.4 cm³/mol. The zero-order valence-corrected chi connectivity index (χ0v) is 12.5. The van der Waals surface area contributed by atoms with Gasteiger partial charge in [0.1, 0.15) is 6.54 Å². The Morgan fingerprint density at radius 3 is 2.59 bits per heavy atom. The molecule has 126 valence electrons. The quantitative estimate of drug-likeness (QED) is 0.721. The minimum absolute atomic E-state index is 0.0782. The first kappa shape index (κ1) is 18.3. The molecule has 3 N–H and O–H groups in total. The van der Waals surface area contributed by atoms with Gasteiger partial charge in [0.05, 0.1) is 18.0 Å². The maximum absolute atomic E-state index is 12.2. The van der Waals surface area contributed by atoms with Crippen LogP contribution in [0, 0.1) is 5.92 Å². The number of amides is 2. The highest BCUT2D eigenvalue weighted by atomic mass is 19.4. The number of aliphatic hydroxyl groups is 1. The van der Waals surface area contributed by atoms with E-state index in [0.717, 1.165) is 25.2 Å². The van der Waals surface area contributed by atoms with Gasteiger partial charge < -0.3 is 15.7 Å². The van der Waals surface area contributed by atoms with E-state index < -0.39 is 24.9 Å². The van der Waals surface area contributed by atoms with Crippen LogP contribution in [-0.4, -0.2) is 39.7 Å². The van der Waals surface area contributed by atoms with Crippen LogP contribution in [0.1, 0.15) is 26.7 Å². The highest BCUT2D eigenvalue weighted by molar-refractivity contribution is 5.88. The largest absolute Gasteiger partial charge is 0.408 e. The standard InChI is InChI=1S/C13H21F3N4O2/c1-3-9(4-2)11(21)6-17-12(22)19-10-5-18-20(7-10)8-13(14,15)16/h5,7,9,11,21H,3-4,6,8H2,1-2H3,(H2,17,19,22)/t11-/m1/s1. The fourth-order valence-electron chi connectivity index (χ4n) is 2.07. The molecule has 0 aliphatic rings. The molecule has 2 amide bonds. The number of carbonyl (C=O) groups excluding carboxylic acids is 1. The molecular formula is C13H21F3N4O2. The molecule has 0 unspecified atom stereocenters. The zero-order chi connectivity index (χ0) is 16.8. The number of aromatic nitrogens is 2. The number of aliphatic hydroxyl groups excluding tert-OH is 1. The topological polar surface area (TPSA) is 79.2 Å². The summed E-state index contributed by atoms with van der Waals surface area (Å²) in [6.45, 7) is 2.76. The number of nitrogens with zero attached hydrogens (tertiary/aromatic N) is 2. The molecule has 1 heterocycles. The number of urea groups is 1. The van der Waals surface area contributed by atoms with Gasteiger partial charge in [-0.1, -0.05) is 26.7 Å². The Bertz CT molecular complexity index is 472. The van der Waals surface area contributed by atoms with Crippen LogP contribution in [0.15, 0.2) is 12.4 Å². The number of carbonyl (C=O) groups is 1. The van der Waals surface area contributed by atoms with E-state index in [1.807, 2.05) is 13.8 Å². The summed E-state index contributed by atoms with van der Waals surface area (Å²) in [5.74, 6) is 0.0924. The second-order valence-electron chi connectivity index (χ2n) is 5.02. The molecule has 0 saturated carbocycles. The van der Waals surface area contributed by atoms with Crippen molar-refractivity contribution in [2.24, 2.45) is 5.92 Å². The fraction of sp³-hybridized carbons (Fsp3) is 0.692. The van der Waals surface area contributed by atoms with Gasteiger partial charge in [0.25, 0.3) is 0 Å².